The van der Waals surface area contributed by atoms with Gasteiger partial charge in [0.05, 0.1) is 6.54 Å². The smallest absolute Gasteiger partial charge is 0.177 e. The Morgan fingerprint density at radius 2 is 1.90 bits per heavy atom. The van der Waals surface area contributed by atoms with Crippen LogP contribution < -0.4 is 0 Å². The SMILES string of the molecule is CCC1(C)CCN(CC(=O)c2ccc(C)cc2C)CC1. The fraction of sp³-hybridized carbons (Fsp3) is 0.611. The fourth-order valence-corrected chi connectivity index (χ4v) is 3.02. The first kappa shape index (κ1) is 15.2. The van der Waals surface area contributed by atoms with E-state index in [1.165, 1.54) is 24.8 Å². The Morgan fingerprint density at radius 3 is 2.45 bits per heavy atom. The minimum absolute atomic E-state index is 0.266. The second kappa shape index (κ2) is 6.09. The van der Waals surface area contributed by atoms with Crippen molar-refractivity contribution < 1.29 is 4.79 Å². The first-order chi connectivity index (χ1) is 9.43. The van der Waals surface area contributed by atoms with Gasteiger partial charge in [-0.1, -0.05) is 44.0 Å². The normalized spacial score (nSPS) is 19.0. The summed E-state index contributed by atoms with van der Waals surface area (Å²) in [7, 11) is 0. The number of benzene rings is 1. The molecule has 110 valence electrons. The zero-order valence-electron chi connectivity index (χ0n) is 13.3. The second-order valence-electron chi connectivity index (χ2n) is 6.68. The summed E-state index contributed by atoms with van der Waals surface area (Å²) in [5.41, 5.74) is 3.69. The number of rotatable bonds is 4. The zero-order chi connectivity index (χ0) is 14.8. The molecule has 0 amide bonds. The molecule has 0 unspecified atom stereocenters. The van der Waals surface area contributed by atoms with E-state index in [0.29, 0.717) is 12.0 Å². The number of aryl methyl sites for hydroxylation is 2. The summed E-state index contributed by atoms with van der Waals surface area (Å²) in [4.78, 5) is 14.8. The lowest BCUT2D eigenvalue weighted by atomic mass is 9.78. The van der Waals surface area contributed by atoms with Gasteiger partial charge in [-0.05, 0) is 50.8 Å². The quantitative estimate of drug-likeness (QED) is 0.773. The molecule has 0 saturated carbocycles. The number of ketones is 1. The third-order valence-electron chi connectivity index (χ3n) is 4.97. The number of piperidine rings is 1. The van der Waals surface area contributed by atoms with E-state index in [4.69, 9.17) is 0 Å². The lowest BCUT2D eigenvalue weighted by Gasteiger charge is -2.38. The molecular formula is C18H27NO. The van der Waals surface area contributed by atoms with Gasteiger partial charge in [0.25, 0.3) is 0 Å². The highest BCUT2D eigenvalue weighted by Gasteiger charge is 2.29. The van der Waals surface area contributed by atoms with E-state index in [1.54, 1.807) is 0 Å². The molecule has 1 aromatic carbocycles. The summed E-state index contributed by atoms with van der Waals surface area (Å²) in [5, 5.41) is 0. The Hall–Kier alpha value is -1.15. The molecule has 0 N–H and O–H groups in total. The molecule has 1 saturated heterocycles. The lowest BCUT2D eigenvalue weighted by Crippen LogP contribution is -2.41. The van der Waals surface area contributed by atoms with Gasteiger partial charge in [-0.2, -0.15) is 0 Å². The summed E-state index contributed by atoms with van der Waals surface area (Å²) in [6.45, 7) is 11.4. The molecule has 20 heavy (non-hydrogen) atoms. The third-order valence-corrected chi connectivity index (χ3v) is 4.97. The number of hydrogen-bond donors (Lipinski definition) is 0. The average Bonchev–Trinajstić information content (AvgIpc) is 2.41. The number of Topliss-reactive ketones (excluding diaryl/α,β-unsaturated/α-hetero) is 1. The van der Waals surface area contributed by atoms with E-state index in [2.05, 4.69) is 31.7 Å². The summed E-state index contributed by atoms with van der Waals surface area (Å²) >= 11 is 0. The summed E-state index contributed by atoms with van der Waals surface area (Å²) in [5.74, 6) is 0.266. The first-order valence-corrected chi connectivity index (χ1v) is 7.76. The van der Waals surface area contributed by atoms with Crippen LogP contribution in [0.15, 0.2) is 18.2 Å². The number of hydrogen-bond acceptors (Lipinski definition) is 2. The highest BCUT2D eigenvalue weighted by atomic mass is 16.1. The molecule has 2 rings (SSSR count). The van der Waals surface area contributed by atoms with Crippen molar-refractivity contribution in [3.63, 3.8) is 0 Å². The van der Waals surface area contributed by atoms with Gasteiger partial charge in [-0.15, -0.1) is 0 Å². The molecule has 1 aliphatic heterocycles. The molecular weight excluding hydrogens is 246 g/mol. The molecule has 2 heteroatoms. The maximum Gasteiger partial charge on any atom is 0.177 e. The third kappa shape index (κ3) is 3.49. The lowest BCUT2D eigenvalue weighted by molar-refractivity contribution is 0.0812. The second-order valence-corrected chi connectivity index (χ2v) is 6.68. The van der Waals surface area contributed by atoms with Crippen LogP contribution in [-0.4, -0.2) is 30.3 Å². The maximum absolute atomic E-state index is 12.4. The number of carbonyl (C=O) groups is 1. The summed E-state index contributed by atoms with van der Waals surface area (Å²) in [6, 6.07) is 6.11. The van der Waals surface area contributed by atoms with Crippen LogP contribution in [-0.2, 0) is 0 Å². The molecule has 1 aliphatic rings. The van der Waals surface area contributed by atoms with E-state index >= 15 is 0 Å². The summed E-state index contributed by atoms with van der Waals surface area (Å²) in [6.07, 6.45) is 3.67. The number of likely N-dealkylation sites (tertiary alicyclic amines) is 1. The van der Waals surface area contributed by atoms with Crippen molar-refractivity contribution >= 4 is 5.78 Å². The van der Waals surface area contributed by atoms with Crippen molar-refractivity contribution in [3.05, 3.63) is 34.9 Å². The number of nitrogens with zero attached hydrogens (tertiary/aromatic N) is 1. The van der Waals surface area contributed by atoms with Crippen molar-refractivity contribution in [2.75, 3.05) is 19.6 Å². The van der Waals surface area contributed by atoms with Crippen molar-refractivity contribution in [1.82, 2.24) is 4.90 Å². The molecule has 1 aromatic rings. The molecule has 0 spiro atoms. The van der Waals surface area contributed by atoms with Crippen LogP contribution in [0.2, 0.25) is 0 Å². The predicted molar refractivity (Wildman–Crippen MR) is 84.3 cm³/mol. The largest absolute Gasteiger partial charge is 0.296 e. The molecule has 2 nitrogen and oxygen atoms in total. The van der Waals surface area contributed by atoms with Gasteiger partial charge in [-0.3, -0.25) is 9.69 Å². The van der Waals surface area contributed by atoms with E-state index in [9.17, 15) is 4.79 Å². The Balaban J connectivity index is 1.96. The fourth-order valence-electron chi connectivity index (χ4n) is 3.02. The Bertz CT molecular complexity index is 484. The topological polar surface area (TPSA) is 20.3 Å². The number of carbonyl (C=O) groups excluding carboxylic acids is 1. The first-order valence-electron chi connectivity index (χ1n) is 7.76. The minimum Gasteiger partial charge on any atom is -0.296 e. The average molecular weight is 273 g/mol. The Morgan fingerprint density at radius 1 is 1.25 bits per heavy atom. The van der Waals surface area contributed by atoms with Gasteiger partial charge in [0.1, 0.15) is 0 Å². The van der Waals surface area contributed by atoms with E-state index < -0.39 is 0 Å². The van der Waals surface area contributed by atoms with E-state index in [1.807, 2.05) is 19.1 Å². The molecule has 0 radical (unpaired) electrons. The van der Waals surface area contributed by atoms with Crippen LogP contribution in [0.4, 0.5) is 0 Å². The van der Waals surface area contributed by atoms with Gasteiger partial charge in [0.15, 0.2) is 5.78 Å². The van der Waals surface area contributed by atoms with Gasteiger partial charge in [0.2, 0.25) is 0 Å². The van der Waals surface area contributed by atoms with Crippen LogP contribution in [0.1, 0.15) is 54.6 Å². The molecule has 0 aliphatic carbocycles. The van der Waals surface area contributed by atoms with Crippen LogP contribution in [0.5, 0.6) is 0 Å². The van der Waals surface area contributed by atoms with Crippen LogP contribution in [0.25, 0.3) is 0 Å². The Kier molecular flexibility index (Phi) is 4.64. The summed E-state index contributed by atoms with van der Waals surface area (Å²) < 4.78 is 0. The van der Waals surface area contributed by atoms with Gasteiger partial charge < -0.3 is 0 Å². The molecule has 0 bridgehead atoms. The van der Waals surface area contributed by atoms with Gasteiger partial charge >= 0.3 is 0 Å². The standard InChI is InChI=1S/C18H27NO/c1-5-18(4)8-10-19(11-9-18)13-17(20)16-7-6-14(2)12-15(16)3/h6-7,12H,5,8-11,13H2,1-4H3. The predicted octanol–water partition coefficient (Wildman–Crippen LogP) is 4.00. The minimum atomic E-state index is 0.266. The molecule has 0 atom stereocenters. The van der Waals surface area contributed by atoms with Gasteiger partial charge in [0, 0.05) is 5.56 Å². The maximum atomic E-state index is 12.4. The van der Waals surface area contributed by atoms with Crippen LogP contribution >= 0.6 is 0 Å². The van der Waals surface area contributed by atoms with E-state index in [0.717, 1.165) is 24.2 Å². The molecule has 1 heterocycles. The van der Waals surface area contributed by atoms with E-state index in [-0.39, 0.29) is 5.78 Å². The van der Waals surface area contributed by atoms with Gasteiger partial charge in [-0.25, -0.2) is 0 Å². The Labute approximate surface area is 123 Å². The van der Waals surface area contributed by atoms with Crippen LogP contribution in [0, 0.1) is 19.3 Å². The van der Waals surface area contributed by atoms with Crippen molar-refractivity contribution in [2.24, 2.45) is 5.41 Å². The van der Waals surface area contributed by atoms with Crippen LogP contribution in [0.3, 0.4) is 0 Å². The van der Waals surface area contributed by atoms with Crippen molar-refractivity contribution in [1.29, 1.82) is 0 Å². The van der Waals surface area contributed by atoms with Crippen molar-refractivity contribution in [2.45, 2.75) is 47.0 Å². The monoisotopic (exact) mass is 273 g/mol. The van der Waals surface area contributed by atoms with Crippen molar-refractivity contribution in [3.8, 4) is 0 Å². The highest BCUT2D eigenvalue weighted by molar-refractivity contribution is 5.98. The zero-order valence-corrected chi connectivity index (χ0v) is 13.3. The molecule has 1 fully saturated rings. The molecule has 0 aromatic heterocycles. The highest BCUT2D eigenvalue weighted by Crippen LogP contribution is 2.33.